The molecule has 0 saturated carbocycles. The lowest BCUT2D eigenvalue weighted by Gasteiger charge is -2.25. The van der Waals surface area contributed by atoms with Gasteiger partial charge in [-0.25, -0.2) is 4.98 Å². The van der Waals surface area contributed by atoms with E-state index in [1.54, 1.807) is 11.3 Å². The van der Waals surface area contributed by atoms with Crippen LogP contribution in [-0.4, -0.2) is 42.0 Å². The number of amides is 1. The smallest absolute Gasteiger partial charge is 0.273 e. The van der Waals surface area contributed by atoms with Gasteiger partial charge in [0.25, 0.3) is 5.91 Å². The fraction of sp³-hybridized carbons (Fsp3) is 0.714. The van der Waals surface area contributed by atoms with E-state index >= 15 is 0 Å². The Kier molecular flexibility index (Phi) is 4.13. The van der Waals surface area contributed by atoms with Crippen LogP contribution in [0.2, 0.25) is 0 Å². The van der Waals surface area contributed by atoms with Crippen LogP contribution >= 0.6 is 11.3 Å². The van der Waals surface area contributed by atoms with Gasteiger partial charge in [-0.3, -0.25) is 4.79 Å². The number of aromatic nitrogens is 1. The van der Waals surface area contributed by atoms with E-state index < -0.39 is 0 Å². The van der Waals surface area contributed by atoms with Crippen LogP contribution in [0.15, 0.2) is 5.38 Å². The molecule has 3 rings (SSSR count). The van der Waals surface area contributed by atoms with E-state index in [-0.39, 0.29) is 5.91 Å². The average Bonchev–Trinajstić information content (AvgIpc) is 2.98. The van der Waals surface area contributed by atoms with Crippen molar-refractivity contribution in [3.8, 4) is 0 Å². The zero-order valence-corrected chi connectivity index (χ0v) is 12.0. The molecule has 1 aromatic heterocycles. The summed E-state index contributed by atoms with van der Waals surface area (Å²) in [5.74, 6) is 0.685. The van der Waals surface area contributed by atoms with Gasteiger partial charge in [-0.15, -0.1) is 11.3 Å². The number of hydrogen-bond donors (Lipinski definition) is 1. The summed E-state index contributed by atoms with van der Waals surface area (Å²) in [4.78, 5) is 18.9. The molecule has 0 aromatic carbocycles. The van der Waals surface area contributed by atoms with Crippen molar-refractivity contribution in [1.82, 2.24) is 15.2 Å². The Labute approximate surface area is 118 Å². The first-order valence-corrected chi connectivity index (χ1v) is 8.18. The molecule has 1 N–H and O–H groups in total. The summed E-state index contributed by atoms with van der Waals surface area (Å²) in [7, 11) is 0. The first-order valence-electron chi connectivity index (χ1n) is 7.30. The van der Waals surface area contributed by atoms with Crippen LogP contribution in [0.1, 0.15) is 53.5 Å². The number of thiazole rings is 1. The molecular weight excluding hydrogens is 258 g/mol. The maximum atomic E-state index is 12.4. The van der Waals surface area contributed by atoms with Crippen LogP contribution in [0.5, 0.6) is 0 Å². The van der Waals surface area contributed by atoms with E-state index in [0.717, 1.165) is 56.9 Å². The van der Waals surface area contributed by atoms with Gasteiger partial charge in [0.1, 0.15) is 5.69 Å². The third kappa shape index (κ3) is 2.98. The molecule has 2 aliphatic heterocycles. The topological polar surface area (TPSA) is 45.2 Å². The molecule has 0 unspecified atom stereocenters. The van der Waals surface area contributed by atoms with Gasteiger partial charge < -0.3 is 10.2 Å². The highest BCUT2D eigenvalue weighted by molar-refractivity contribution is 7.09. The molecule has 4 nitrogen and oxygen atoms in total. The van der Waals surface area contributed by atoms with Gasteiger partial charge >= 0.3 is 0 Å². The number of carbonyl (C=O) groups excluding carboxylic acids is 1. The summed E-state index contributed by atoms with van der Waals surface area (Å²) < 4.78 is 0. The van der Waals surface area contributed by atoms with Gasteiger partial charge in [-0.1, -0.05) is 0 Å². The number of rotatable bonds is 2. The third-order valence-electron chi connectivity index (χ3n) is 4.07. The van der Waals surface area contributed by atoms with Crippen LogP contribution < -0.4 is 5.32 Å². The van der Waals surface area contributed by atoms with Crippen LogP contribution in [0, 0.1) is 0 Å². The molecular formula is C14H21N3OS. The molecule has 0 radical (unpaired) electrons. The van der Waals surface area contributed by atoms with Gasteiger partial charge in [0.05, 0.1) is 5.01 Å². The standard InChI is InChI=1S/C14H21N3OS/c18-14(17-8-2-1-3-9-17)12-10-19-13(16-12)11-4-6-15-7-5-11/h10-11,15H,1-9H2. The maximum absolute atomic E-state index is 12.4. The molecule has 0 spiro atoms. The van der Waals surface area contributed by atoms with Crippen molar-refractivity contribution in [3.63, 3.8) is 0 Å². The summed E-state index contributed by atoms with van der Waals surface area (Å²) in [5, 5.41) is 6.47. The fourth-order valence-electron chi connectivity index (χ4n) is 2.90. The van der Waals surface area contributed by atoms with Crippen molar-refractivity contribution in [2.75, 3.05) is 26.2 Å². The number of likely N-dealkylation sites (tertiary alicyclic amines) is 1. The highest BCUT2D eigenvalue weighted by Crippen LogP contribution is 2.28. The van der Waals surface area contributed by atoms with Crippen LogP contribution in [0.4, 0.5) is 0 Å². The Bertz CT molecular complexity index is 434. The number of nitrogens with zero attached hydrogens (tertiary/aromatic N) is 2. The van der Waals surface area contributed by atoms with Gasteiger partial charge in [0, 0.05) is 24.4 Å². The van der Waals surface area contributed by atoms with E-state index in [1.165, 1.54) is 6.42 Å². The van der Waals surface area contributed by atoms with E-state index in [1.807, 2.05) is 10.3 Å². The van der Waals surface area contributed by atoms with Gasteiger partial charge in [-0.2, -0.15) is 0 Å². The van der Waals surface area contributed by atoms with Crippen LogP contribution in [0.25, 0.3) is 0 Å². The van der Waals surface area contributed by atoms with E-state index in [4.69, 9.17) is 0 Å². The lowest BCUT2D eigenvalue weighted by molar-refractivity contribution is 0.0719. The van der Waals surface area contributed by atoms with Crippen molar-refractivity contribution < 1.29 is 4.79 Å². The van der Waals surface area contributed by atoms with Crippen LogP contribution in [-0.2, 0) is 0 Å². The molecule has 3 heterocycles. The maximum Gasteiger partial charge on any atom is 0.273 e. The average molecular weight is 279 g/mol. The number of piperidine rings is 2. The largest absolute Gasteiger partial charge is 0.337 e. The number of carbonyl (C=O) groups is 1. The van der Waals surface area contributed by atoms with Gasteiger partial charge in [0.2, 0.25) is 0 Å². The highest BCUT2D eigenvalue weighted by atomic mass is 32.1. The van der Waals surface area contributed by atoms with Gasteiger partial charge in [-0.05, 0) is 45.2 Å². The Balaban J connectivity index is 1.67. The predicted molar refractivity (Wildman–Crippen MR) is 76.7 cm³/mol. The first-order chi connectivity index (χ1) is 9.34. The zero-order valence-electron chi connectivity index (χ0n) is 11.2. The molecule has 1 amide bonds. The first kappa shape index (κ1) is 13.1. The predicted octanol–water partition coefficient (Wildman–Crippen LogP) is 2.24. The SMILES string of the molecule is O=C(c1csc(C2CCNCC2)n1)N1CCCCC1. The van der Waals surface area contributed by atoms with Crippen molar-refractivity contribution in [3.05, 3.63) is 16.1 Å². The highest BCUT2D eigenvalue weighted by Gasteiger charge is 2.23. The summed E-state index contributed by atoms with van der Waals surface area (Å²) in [6.45, 7) is 3.94. The zero-order chi connectivity index (χ0) is 13.1. The minimum absolute atomic E-state index is 0.135. The molecule has 2 saturated heterocycles. The van der Waals surface area contributed by atoms with E-state index in [9.17, 15) is 4.79 Å². The van der Waals surface area contributed by atoms with E-state index in [2.05, 4.69) is 10.3 Å². The second-order valence-electron chi connectivity index (χ2n) is 5.45. The summed E-state index contributed by atoms with van der Waals surface area (Å²) in [6, 6.07) is 0. The minimum atomic E-state index is 0.135. The molecule has 0 atom stereocenters. The van der Waals surface area contributed by atoms with Crippen molar-refractivity contribution in [2.45, 2.75) is 38.0 Å². The molecule has 0 aliphatic carbocycles. The lowest BCUT2D eigenvalue weighted by atomic mass is 9.99. The van der Waals surface area contributed by atoms with Crippen molar-refractivity contribution in [2.24, 2.45) is 0 Å². The fourth-order valence-corrected chi connectivity index (χ4v) is 3.87. The quantitative estimate of drug-likeness (QED) is 0.903. The Morgan fingerprint density at radius 1 is 1.26 bits per heavy atom. The molecule has 1 aromatic rings. The van der Waals surface area contributed by atoms with E-state index in [0.29, 0.717) is 11.6 Å². The van der Waals surface area contributed by atoms with Gasteiger partial charge in [0.15, 0.2) is 0 Å². The molecule has 5 heteroatoms. The molecule has 104 valence electrons. The summed E-state index contributed by atoms with van der Waals surface area (Å²) in [5.41, 5.74) is 0.667. The minimum Gasteiger partial charge on any atom is -0.337 e. The Hall–Kier alpha value is -0.940. The normalized spacial score (nSPS) is 21.6. The molecule has 2 aliphatic rings. The number of nitrogens with one attached hydrogen (secondary N) is 1. The Morgan fingerprint density at radius 2 is 2.00 bits per heavy atom. The monoisotopic (exact) mass is 279 g/mol. The third-order valence-corrected chi connectivity index (χ3v) is 5.08. The summed E-state index contributed by atoms with van der Waals surface area (Å²) in [6.07, 6.45) is 5.81. The molecule has 2 fully saturated rings. The molecule has 0 bridgehead atoms. The van der Waals surface area contributed by atoms with Crippen molar-refractivity contribution >= 4 is 17.2 Å². The lowest BCUT2D eigenvalue weighted by Crippen LogP contribution is -2.35. The number of hydrogen-bond acceptors (Lipinski definition) is 4. The van der Waals surface area contributed by atoms with Crippen molar-refractivity contribution in [1.29, 1.82) is 0 Å². The Morgan fingerprint density at radius 3 is 2.74 bits per heavy atom. The summed E-state index contributed by atoms with van der Waals surface area (Å²) >= 11 is 1.66. The second-order valence-corrected chi connectivity index (χ2v) is 6.34. The molecule has 19 heavy (non-hydrogen) atoms. The second kappa shape index (κ2) is 6.01. The van der Waals surface area contributed by atoms with Crippen LogP contribution in [0.3, 0.4) is 0 Å².